The van der Waals surface area contributed by atoms with E-state index in [0.717, 1.165) is 53.7 Å². The van der Waals surface area contributed by atoms with E-state index in [9.17, 15) is 4.79 Å². The van der Waals surface area contributed by atoms with E-state index in [1.54, 1.807) is 0 Å². The molecule has 0 spiro atoms. The Labute approximate surface area is 158 Å². The van der Waals surface area contributed by atoms with E-state index < -0.39 is 0 Å². The molecule has 1 aromatic heterocycles. The average molecular weight is 407 g/mol. The van der Waals surface area contributed by atoms with E-state index in [1.807, 2.05) is 23.7 Å². The van der Waals surface area contributed by atoms with Crippen molar-refractivity contribution in [1.82, 2.24) is 9.78 Å². The first-order valence-electron chi connectivity index (χ1n) is 9.10. The average Bonchev–Trinajstić information content (AvgIpc) is 2.93. The highest BCUT2D eigenvalue weighted by Gasteiger charge is 2.24. The van der Waals surface area contributed by atoms with Crippen LogP contribution in [0.15, 0.2) is 28.7 Å². The summed E-state index contributed by atoms with van der Waals surface area (Å²) in [6.07, 6.45) is 4.60. The normalized spacial score (nSPS) is 10.9. The van der Waals surface area contributed by atoms with Crippen LogP contribution < -0.4 is 0 Å². The maximum atomic E-state index is 12.6. The fourth-order valence-electron chi connectivity index (χ4n) is 2.89. The van der Waals surface area contributed by atoms with Gasteiger partial charge in [-0.2, -0.15) is 5.10 Å². The van der Waals surface area contributed by atoms with Gasteiger partial charge in [-0.15, -0.1) is 0 Å². The number of hydrogen-bond acceptors (Lipinski definition) is 3. The van der Waals surface area contributed by atoms with Gasteiger partial charge in [0.15, 0.2) is 0 Å². The molecule has 0 radical (unpaired) electrons. The summed E-state index contributed by atoms with van der Waals surface area (Å²) in [5.41, 5.74) is 3.64. The second-order valence-corrected chi connectivity index (χ2v) is 7.03. The van der Waals surface area contributed by atoms with Crippen LogP contribution in [0.1, 0.15) is 67.3 Å². The summed E-state index contributed by atoms with van der Waals surface area (Å²) in [5.74, 6) is -0.249. The van der Waals surface area contributed by atoms with Crippen LogP contribution in [-0.2, 0) is 24.1 Å². The van der Waals surface area contributed by atoms with Crippen LogP contribution in [0.5, 0.6) is 0 Å². The summed E-state index contributed by atoms with van der Waals surface area (Å²) >= 11 is 3.46. The molecule has 25 heavy (non-hydrogen) atoms. The Kier molecular flexibility index (Phi) is 7.69. The molecule has 1 heterocycles. The van der Waals surface area contributed by atoms with E-state index in [-0.39, 0.29) is 5.97 Å². The van der Waals surface area contributed by atoms with Crippen molar-refractivity contribution in [2.45, 2.75) is 59.4 Å². The summed E-state index contributed by atoms with van der Waals surface area (Å²) in [5, 5.41) is 4.79. The first kappa shape index (κ1) is 19.7. The number of hydrogen-bond donors (Lipinski definition) is 0. The highest BCUT2D eigenvalue weighted by Crippen LogP contribution is 2.22. The smallest absolute Gasteiger partial charge is 0.341 e. The molecule has 0 amide bonds. The fraction of sp³-hybridized carbons (Fsp3) is 0.500. The standard InChI is InChI=1S/C20H27BrN2O2/c1-4-7-13-23-18(8-5-2)19(20(24)25-6-3)17(22-23)14-15-9-11-16(21)12-10-15/h9-12H,4-8,13-14H2,1-3H3. The minimum Gasteiger partial charge on any atom is -0.462 e. The monoisotopic (exact) mass is 406 g/mol. The van der Waals surface area contributed by atoms with Gasteiger partial charge in [-0.05, 0) is 37.5 Å². The number of carbonyl (C=O) groups excluding carboxylic acids is 1. The number of halogens is 1. The van der Waals surface area contributed by atoms with E-state index in [0.29, 0.717) is 18.6 Å². The molecule has 0 saturated heterocycles. The van der Waals surface area contributed by atoms with E-state index in [1.165, 1.54) is 0 Å². The Bertz CT molecular complexity index is 692. The zero-order valence-electron chi connectivity index (χ0n) is 15.3. The summed E-state index contributed by atoms with van der Waals surface area (Å²) in [6.45, 7) is 7.35. The van der Waals surface area contributed by atoms with Crippen LogP contribution in [0.25, 0.3) is 0 Å². The summed E-state index contributed by atoms with van der Waals surface area (Å²) in [4.78, 5) is 12.6. The Morgan fingerprint density at radius 3 is 2.48 bits per heavy atom. The molecule has 2 aromatic rings. The zero-order chi connectivity index (χ0) is 18.2. The molecular weight excluding hydrogens is 380 g/mol. The number of esters is 1. The molecule has 5 heteroatoms. The highest BCUT2D eigenvalue weighted by atomic mass is 79.9. The molecule has 4 nitrogen and oxygen atoms in total. The van der Waals surface area contributed by atoms with Crippen LogP contribution in [0.2, 0.25) is 0 Å². The van der Waals surface area contributed by atoms with Gasteiger partial charge in [-0.25, -0.2) is 4.79 Å². The molecule has 0 bridgehead atoms. The van der Waals surface area contributed by atoms with Gasteiger partial charge in [0.05, 0.1) is 18.0 Å². The van der Waals surface area contributed by atoms with Crippen LogP contribution in [0.3, 0.4) is 0 Å². The molecule has 1 aromatic carbocycles. The number of benzene rings is 1. The first-order chi connectivity index (χ1) is 12.1. The quantitative estimate of drug-likeness (QED) is 0.539. The Hall–Kier alpha value is -1.62. The second kappa shape index (κ2) is 9.76. The summed E-state index contributed by atoms with van der Waals surface area (Å²) in [7, 11) is 0. The van der Waals surface area contributed by atoms with Crippen molar-refractivity contribution in [2.75, 3.05) is 6.61 Å². The lowest BCUT2D eigenvalue weighted by atomic mass is 10.0. The Morgan fingerprint density at radius 2 is 1.88 bits per heavy atom. The molecule has 2 rings (SSSR count). The van der Waals surface area contributed by atoms with Gasteiger partial charge in [0.2, 0.25) is 0 Å². The molecule has 0 aliphatic rings. The maximum Gasteiger partial charge on any atom is 0.341 e. The number of aromatic nitrogens is 2. The number of carbonyl (C=O) groups is 1. The fourth-order valence-corrected chi connectivity index (χ4v) is 3.16. The predicted molar refractivity (Wildman–Crippen MR) is 104 cm³/mol. The van der Waals surface area contributed by atoms with Crippen LogP contribution in [0, 0.1) is 0 Å². The second-order valence-electron chi connectivity index (χ2n) is 6.12. The van der Waals surface area contributed by atoms with Gasteiger partial charge in [0.25, 0.3) is 0 Å². The Morgan fingerprint density at radius 1 is 1.16 bits per heavy atom. The highest BCUT2D eigenvalue weighted by molar-refractivity contribution is 9.10. The molecule has 0 atom stereocenters. The third-order valence-corrected chi connectivity index (χ3v) is 4.63. The van der Waals surface area contributed by atoms with Crippen molar-refractivity contribution in [2.24, 2.45) is 0 Å². The third-order valence-electron chi connectivity index (χ3n) is 4.10. The lowest BCUT2D eigenvalue weighted by Gasteiger charge is -2.08. The van der Waals surface area contributed by atoms with Gasteiger partial charge in [-0.1, -0.05) is 54.8 Å². The lowest BCUT2D eigenvalue weighted by Crippen LogP contribution is -2.11. The molecule has 0 N–H and O–H groups in total. The number of aryl methyl sites for hydroxylation is 1. The topological polar surface area (TPSA) is 44.1 Å². The zero-order valence-corrected chi connectivity index (χ0v) is 16.9. The lowest BCUT2D eigenvalue weighted by molar-refractivity contribution is 0.0523. The van der Waals surface area contributed by atoms with Crippen molar-refractivity contribution >= 4 is 21.9 Å². The van der Waals surface area contributed by atoms with Crippen molar-refractivity contribution in [3.8, 4) is 0 Å². The van der Waals surface area contributed by atoms with Gasteiger partial charge in [0.1, 0.15) is 5.56 Å². The van der Waals surface area contributed by atoms with Gasteiger partial charge in [0, 0.05) is 17.4 Å². The first-order valence-corrected chi connectivity index (χ1v) is 9.90. The van der Waals surface area contributed by atoms with Crippen molar-refractivity contribution in [1.29, 1.82) is 0 Å². The molecule has 0 unspecified atom stereocenters. The number of rotatable bonds is 9. The number of unbranched alkanes of at least 4 members (excludes halogenated alkanes) is 1. The summed E-state index contributed by atoms with van der Waals surface area (Å²) < 4.78 is 8.40. The molecule has 0 fully saturated rings. The minimum absolute atomic E-state index is 0.249. The maximum absolute atomic E-state index is 12.6. The molecular formula is C20H27BrN2O2. The van der Waals surface area contributed by atoms with Gasteiger partial charge in [-0.3, -0.25) is 4.68 Å². The number of nitrogens with zero attached hydrogens (tertiary/aromatic N) is 2. The van der Waals surface area contributed by atoms with Crippen LogP contribution in [0.4, 0.5) is 0 Å². The largest absolute Gasteiger partial charge is 0.462 e. The molecule has 0 aliphatic carbocycles. The van der Waals surface area contributed by atoms with E-state index in [2.05, 4.69) is 41.9 Å². The van der Waals surface area contributed by atoms with Gasteiger partial charge < -0.3 is 4.74 Å². The van der Waals surface area contributed by atoms with Crippen LogP contribution in [-0.4, -0.2) is 22.4 Å². The van der Waals surface area contributed by atoms with E-state index >= 15 is 0 Å². The van der Waals surface area contributed by atoms with Crippen molar-refractivity contribution in [3.05, 3.63) is 51.3 Å². The minimum atomic E-state index is -0.249. The molecule has 136 valence electrons. The predicted octanol–water partition coefficient (Wildman–Crippen LogP) is 5.17. The summed E-state index contributed by atoms with van der Waals surface area (Å²) in [6, 6.07) is 8.15. The van der Waals surface area contributed by atoms with Crippen molar-refractivity contribution < 1.29 is 9.53 Å². The molecule has 0 saturated carbocycles. The van der Waals surface area contributed by atoms with Gasteiger partial charge >= 0.3 is 5.97 Å². The Balaban J connectivity index is 2.43. The van der Waals surface area contributed by atoms with Crippen molar-refractivity contribution in [3.63, 3.8) is 0 Å². The van der Waals surface area contributed by atoms with Crippen LogP contribution >= 0.6 is 15.9 Å². The molecule has 0 aliphatic heterocycles. The number of ether oxygens (including phenoxy) is 1. The third kappa shape index (κ3) is 5.18. The van der Waals surface area contributed by atoms with E-state index in [4.69, 9.17) is 9.84 Å². The SMILES string of the molecule is CCCCn1nc(Cc2ccc(Br)cc2)c(C(=O)OCC)c1CCC.